The van der Waals surface area contributed by atoms with Crippen molar-refractivity contribution in [1.82, 2.24) is 15.0 Å². The van der Waals surface area contributed by atoms with E-state index < -0.39 is 0 Å². The van der Waals surface area contributed by atoms with Gasteiger partial charge >= 0.3 is 0 Å². The number of fused-ring (bicyclic) bond motifs is 1. The minimum absolute atomic E-state index is 0.0554. The lowest BCUT2D eigenvalue weighted by Crippen LogP contribution is -2.31. The summed E-state index contributed by atoms with van der Waals surface area (Å²) in [5.41, 5.74) is 0. The van der Waals surface area contributed by atoms with Gasteiger partial charge in [0.1, 0.15) is 5.76 Å². The molecule has 7 heteroatoms. The van der Waals surface area contributed by atoms with Crippen LogP contribution in [0.1, 0.15) is 34.5 Å². The first-order valence-electron chi connectivity index (χ1n) is 7.89. The molecular weight excluding hydrogens is 298 g/mol. The van der Waals surface area contributed by atoms with Gasteiger partial charge in [0, 0.05) is 19.0 Å². The Kier molecular flexibility index (Phi) is 3.45. The number of carbonyl (C=O) groups is 1. The fourth-order valence-electron chi connectivity index (χ4n) is 3.48. The van der Waals surface area contributed by atoms with Crippen LogP contribution in [0, 0.1) is 19.8 Å². The summed E-state index contributed by atoms with van der Waals surface area (Å²) in [5, 5.41) is 3.80. The Balaban J connectivity index is 1.35. The molecule has 0 aliphatic carbocycles. The molecule has 3 atom stereocenters. The molecule has 2 aliphatic rings. The Morgan fingerprint density at radius 3 is 2.87 bits per heavy atom. The normalized spacial score (nSPS) is 26.7. The zero-order chi connectivity index (χ0) is 16.0. The third-order valence-corrected chi connectivity index (χ3v) is 4.52. The number of carbonyl (C=O) groups excluding carboxylic acids is 1. The first kappa shape index (κ1) is 14.4. The average molecular weight is 317 g/mol. The number of amides is 1. The van der Waals surface area contributed by atoms with Crippen LogP contribution in [0.3, 0.4) is 0 Å². The molecule has 2 aromatic heterocycles. The molecule has 0 N–H and O–H groups in total. The molecule has 4 rings (SSSR count). The van der Waals surface area contributed by atoms with Crippen molar-refractivity contribution in [2.24, 2.45) is 5.92 Å². The van der Waals surface area contributed by atoms with Gasteiger partial charge in [-0.2, -0.15) is 4.98 Å². The third kappa shape index (κ3) is 2.76. The van der Waals surface area contributed by atoms with Gasteiger partial charge in [0.05, 0.1) is 18.6 Å². The van der Waals surface area contributed by atoms with E-state index in [1.807, 2.05) is 17.9 Å². The largest absolute Gasteiger partial charge is 0.456 e. The minimum Gasteiger partial charge on any atom is -0.456 e. The van der Waals surface area contributed by atoms with Crippen LogP contribution in [-0.2, 0) is 11.2 Å². The summed E-state index contributed by atoms with van der Waals surface area (Å²) in [5.74, 6) is 2.72. The molecule has 2 aliphatic heterocycles. The van der Waals surface area contributed by atoms with Gasteiger partial charge in [-0.1, -0.05) is 5.16 Å². The Labute approximate surface area is 133 Å². The Morgan fingerprint density at radius 2 is 2.22 bits per heavy atom. The van der Waals surface area contributed by atoms with Crippen molar-refractivity contribution in [3.05, 3.63) is 35.4 Å². The van der Waals surface area contributed by atoms with Crippen molar-refractivity contribution in [3.8, 4) is 0 Å². The molecule has 0 unspecified atom stereocenters. The molecular formula is C16H19N3O4. The van der Waals surface area contributed by atoms with Gasteiger partial charge < -0.3 is 18.6 Å². The lowest BCUT2D eigenvalue weighted by Gasteiger charge is -2.17. The third-order valence-electron chi connectivity index (χ3n) is 4.52. The molecule has 0 aromatic carbocycles. The minimum atomic E-state index is -0.0554. The summed E-state index contributed by atoms with van der Waals surface area (Å²) >= 11 is 0. The van der Waals surface area contributed by atoms with Crippen molar-refractivity contribution in [3.63, 3.8) is 0 Å². The van der Waals surface area contributed by atoms with Crippen LogP contribution >= 0.6 is 0 Å². The first-order valence-corrected chi connectivity index (χ1v) is 7.89. The van der Waals surface area contributed by atoms with E-state index in [1.165, 1.54) is 0 Å². The van der Waals surface area contributed by atoms with Crippen molar-refractivity contribution < 1.29 is 18.5 Å². The smallest absolute Gasteiger partial charge is 0.289 e. The van der Waals surface area contributed by atoms with E-state index in [9.17, 15) is 4.79 Å². The molecule has 4 heterocycles. The number of ether oxygens (including phenoxy) is 1. The van der Waals surface area contributed by atoms with Gasteiger partial charge in [-0.15, -0.1) is 0 Å². The fourth-order valence-corrected chi connectivity index (χ4v) is 3.48. The maximum atomic E-state index is 12.4. The molecule has 0 radical (unpaired) electrons. The summed E-state index contributed by atoms with van der Waals surface area (Å²) in [6.45, 7) is 4.96. The van der Waals surface area contributed by atoms with Crippen LogP contribution in [0.4, 0.5) is 0 Å². The van der Waals surface area contributed by atoms with Crippen LogP contribution < -0.4 is 0 Å². The summed E-state index contributed by atoms with van der Waals surface area (Å²) in [7, 11) is 0. The lowest BCUT2D eigenvalue weighted by molar-refractivity contribution is 0.0324. The molecule has 1 amide bonds. The van der Waals surface area contributed by atoms with Gasteiger partial charge in [-0.3, -0.25) is 4.79 Å². The molecule has 0 spiro atoms. The molecule has 122 valence electrons. The Hall–Kier alpha value is -2.15. The van der Waals surface area contributed by atoms with Crippen LogP contribution in [0.5, 0.6) is 0 Å². The highest BCUT2D eigenvalue weighted by Crippen LogP contribution is 2.34. The molecule has 0 saturated carbocycles. The summed E-state index contributed by atoms with van der Waals surface area (Å²) < 4.78 is 16.6. The van der Waals surface area contributed by atoms with Gasteiger partial charge in [-0.05, 0) is 32.4 Å². The van der Waals surface area contributed by atoms with E-state index in [0.29, 0.717) is 42.9 Å². The second kappa shape index (κ2) is 5.49. The molecule has 0 bridgehead atoms. The SMILES string of the molecule is Cc1noc(C[C@H]2C[C@@H]3CN(C(=O)c4ccc(C)o4)C[C@H]3O2)n1. The highest BCUT2D eigenvalue weighted by Gasteiger charge is 2.44. The Bertz CT molecular complexity index is 708. The highest BCUT2D eigenvalue weighted by atomic mass is 16.5. The molecule has 2 aromatic rings. The van der Waals surface area contributed by atoms with Crippen LogP contribution in [-0.4, -0.2) is 46.2 Å². The average Bonchev–Trinajstić information content (AvgIpc) is 3.23. The molecule has 2 saturated heterocycles. The molecule has 7 nitrogen and oxygen atoms in total. The van der Waals surface area contributed by atoms with Crippen molar-refractivity contribution in [2.45, 2.75) is 38.9 Å². The standard InChI is InChI=1S/C16H19N3O4/c1-9-3-4-13(21-9)16(20)19-7-11-5-12(22-14(11)8-19)6-15-17-10(2)18-23-15/h3-4,11-12,14H,5-8H2,1-2H3/t11-,12-,14-/m1/s1. The number of rotatable bonds is 3. The number of furan rings is 1. The predicted molar refractivity (Wildman–Crippen MR) is 78.9 cm³/mol. The monoisotopic (exact) mass is 317 g/mol. The van der Waals surface area contributed by atoms with Crippen molar-refractivity contribution in [1.29, 1.82) is 0 Å². The molecule has 2 fully saturated rings. The van der Waals surface area contributed by atoms with Gasteiger partial charge in [0.2, 0.25) is 5.89 Å². The summed E-state index contributed by atoms with van der Waals surface area (Å²) in [4.78, 5) is 18.4. The zero-order valence-electron chi connectivity index (χ0n) is 13.2. The van der Waals surface area contributed by atoms with Crippen LogP contribution in [0.15, 0.2) is 21.1 Å². The van der Waals surface area contributed by atoms with E-state index >= 15 is 0 Å². The summed E-state index contributed by atoms with van der Waals surface area (Å²) in [6.07, 6.45) is 1.73. The highest BCUT2D eigenvalue weighted by molar-refractivity contribution is 5.91. The number of likely N-dealkylation sites (tertiary alicyclic amines) is 1. The van der Waals surface area contributed by atoms with Crippen molar-refractivity contribution in [2.75, 3.05) is 13.1 Å². The number of nitrogens with zero attached hydrogens (tertiary/aromatic N) is 3. The first-order chi connectivity index (χ1) is 11.1. The van der Waals surface area contributed by atoms with Gasteiger partial charge in [0.15, 0.2) is 11.6 Å². The predicted octanol–water partition coefficient (Wildman–Crippen LogP) is 1.75. The number of hydrogen-bond acceptors (Lipinski definition) is 6. The quantitative estimate of drug-likeness (QED) is 0.858. The summed E-state index contributed by atoms with van der Waals surface area (Å²) in [6, 6.07) is 3.54. The van der Waals surface area contributed by atoms with E-state index in [4.69, 9.17) is 13.7 Å². The zero-order valence-corrected chi connectivity index (χ0v) is 13.2. The van der Waals surface area contributed by atoms with Gasteiger partial charge in [0.25, 0.3) is 5.91 Å². The van der Waals surface area contributed by atoms with E-state index in [-0.39, 0.29) is 18.1 Å². The van der Waals surface area contributed by atoms with Gasteiger partial charge in [-0.25, -0.2) is 0 Å². The van der Waals surface area contributed by atoms with E-state index in [1.54, 1.807) is 13.0 Å². The lowest BCUT2D eigenvalue weighted by atomic mass is 10.0. The van der Waals surface area contributed by atoms with Crippen LogP contribution in [0.2, 0.25) is 0 Å². The number of hydrogen-bond donors (Lipinski definition) is 0. The number of aryl methyl sites for hydroxylation is 2. The van der Waals surface area contributed by atoms with E-state index in [2.05, 4.69) is 10.1 Å². The van der Waals surface area contributed by atoms with E-state index in [0.717, 1.165) is 12.2 Å². The Morgan fingerprint density at radius 1 is 1.35 bits per heavy atom. The maximum Gasteiger partial charge on any atom is 0.289 e. The number of aromatic nitrogens is 2. The fraction of sp³-hybridized carbons (Fsp3) is 0.562. The maximum absolute atomic E-state index is 12.4. The topological polar surface area (TPSA) is 81.6 Å². The molecule has 23 heavy (non-hydrogen) atoms. The van der Waals surface area contributed by atoms with Crippen molar-refractivity contribution >= 4 is 5.91 Å². The second-order valence-electron chi connectivity index (χ2n) is 6.35. The second-order valence-corrected chi connectivity index (χ2v) is 6.35. The van der Waals surface area contributed by atoms with Crippen LogP contribution in [0.25, 0.3) is 0 Å².